The largest absolute Gasteiger partial charge is 0.416 e. The van der Waals surface area contributed by atoms with Gasteiger partial charge < -0.3 is 15.3 Å². The Labute approximate surface area is 189 Å². The first-order chi connectivity index (χ1) is 14.6. The van der Waals surface area contributed by atoms with Crippen molar-refractivity contribution in [3.8, 4) is 0 Å². The van der Waals surface area contributed by atoms with Gasteiger partial charge in [0.1, 0.15) is 0 Å². The van der Waals surface area contributed by atoms with E-state index in [1.807, 2.05) is 7.05 Å². The molecule has 2 unspecified atom stereocenters. The lowest BCUT2D eigenvalue weighted by molar-refractivity contribution is -0.137. The molecule has 0 bridgehead atoms. The van der Waals surface area contributed by atoms with Crippen LogP contribution in [-0.2, 0) is 6.18 Å². The molecule has 0 spiro atoms. The molecule has 1 fully saturated rings. The van der Waals surface area contributed by atoms with Crippen molar-refractivity contribution in [1.29, 1.82) is 0 Å². The number of nitrogens with one attached hydrogen (secondary N) is 2. The molecule has 0 saturated carbocycles. The number of hydrogen-bond donors (Lipinski definition) is 3. The van der Waals surface area contributed by atoms with Gasteiger partial charge in [0.05, 0.1) is 5.56 Å². The van der Waals surface area contributed by atoms with Gasteiger partial charge in [-0.25, -0.2) is 0 Å². The maximum Gasteiger partial charge on any atom is 0.416 e. The number of nitrogens with zero attached hydrogens (tertiary/aromatic N) is 2. The van der Waals surface area contributed by atoms with Gasteiger partial charge in [0, 0.05) is 54.5 Å². The average molecular weight is 477 g/mol. The summed E-state index contributed by atoms with van der Waals surface area (Å²) in [6.45, 7) is 3.60. The zero-order valence-electron chi connectivity index (χ0n) is 17.0. The highest BCUT2D eigenvalue weighted by atomic mass is 35.5. The Morgan fingerprint density at radius 1 is 1.00 bits per heavy atom. The molecule has 0 aliphatic carbocycles. The SMILES string of the molecule is CN1CCN(C(CNC(O)Nc2cc(Cl)cc(Cl)c2)c2ccc(C(F)(F)F)cc2)CC1. The molecule has 1 heterocycles. The molecular weight excluding hydrogens is 452 g/mol. The Hall–Kier alpha value is -1.55. The lowest BCUT2D eigenvalue weighted by Gasteiger charge is -2.38. The van der Waals surface area contributed by atoms with Gasteiger partial charge in [-0.15, -0.1) is 0 Å². The van der Waals surface area contributed by atoms with Crippen LogP contribution in [-0.4, -0.2) is 61.0 Å². The Bertz CT molecular complexity index is 838. The maximum absolute atomic E-state index is 12.9. The molecule has 3 rings (SSSR count). The minimum atomic E-state index is -4.38. The Morgan fingerprint density at radius 2 is 1.58 bits per heavy atom. The van der Waals surface area contributed by atoms with Gasteiger partial charge in [-0.3, -0.25) is 10.2 Å². The molecule has 10 heteroatoms. The average Bonchev–Trinajstić information content (AvgIpc) is 2.68. The number of aliphatic hydroxyl groups is 1. The van der Waals surface area contributed by atoms with Crippen molar-refractivity contribution in [2.45, 2.75) is 18.6 Å². The molecule has 3 N–H and O–H groups in total. The molecule has 31 heavy (non-hydrogen) atoms. The topological polar surface area (TPSA) is 50.8 Å². The van der Waals surface area contributed by atoms with Crippen molar-refractivity contribution < 1.29 is 18.3 Å². The van der Waals surface area contributed by atoms with Gasteiger partial charge in [0.2, 0.25) is 0 Å². The first-order valence-electron chi connectivity index (χ1n) is 9.85. The molecule has 2 aromatic rings. The number of hydrogen-bond acceptors (Lipinski definition) is 5. The van der Waals surface area contributed by atoms with E-state index in [1.54, 1.807) is 18.2 Å². The van der Waals surface area contributed by atoms with Crippen LogP contribution in [0.15, 0.2) is 42.5 Å². The molecule has 0 radical (unpaired) electrons. The summed E-state index contributed by atoms with van der Waals surface area (Å²) in [5.74, 6) is 0. The van der Waals surface area contributed by atoms with Crippen LogP contribution < -0.4 is 10.6 Å². The smallest absolute Gasteiger partial charge is 0.361 e. The van der Waals surface area contributed by atoms with Gasteiger partial charge in [-0.05, 0) is 42.9 Å². The quantitative estimate of drug-likeness (QED) is 0.520. The van der Waals surface area contributed by atoms with E-state index in [1.165, 1.54) is 12.1 Å². The van der Waals surface area contributed by atoms with Crippen molar-refractivity contribution in [3.05, 3.63) is 63.6 Å². The molecule has 2 atom stereocenters. The Morgan fingerprint density at radius 3 is 2.13 bits per heavy atom. The number of benzene rings is 2. The van der Waals surface area contributed by atoms with E-state index >= 15 is 0 Å². The summed E-state index contributed by atoms with van der Waals surface area (Å²) < 4.78 is 38.8. The van der Waals surface area contributed by atoms with Crippen molar-refractivity contribution in [1.82, 2.24) is 15.1 Å². The van der Waals surface area contributed by atoms with Crippen molar-refractivity contribution in [2.24, 2.45) is 0 Å². The number of likely N-dealkylation sites (N-methyl/N-ethyl adjacent to an activating group) is 1. The number of halogens is 5. The van der Waals surface area contributed by atoms with Gasteiger partial charge in [-0.1, -0.05) is 35.3 Å². The fourth-order valence-corrected chi connectivity index (χ4v) is 4.08. The van der Waals surface area contributed by atoms with Crippen LogP contribution in [0.4, 0.5) is 18.9 Å². The Kier molecular flexibility index (Phi) is 8.07. The van der Waals surface area contributed by atoms with Gasteiger partial charge in [0.15, 0.2) is 6.35 Å². The highest BCUT2D eigenvalue weighted by Crippen LogP contribution is 2.31. The van der Waals surface area contributed by atoms with Gasteiger partial charge in [0.25, 0.3) is 0 Å². The van der Waals surface area contributed by atoms with E-state index in [0.29, 0.717) is 22.3 Å². The van der Waals surface area contributed by atoms with Crippen LogP contribution in [0.2, 0.25) is 10.0 Å². The molecule has 0 amide bonds. The Balaban J connectivity index is 1.70. The van der Waals surface area contributed by atoms with Gasteiger partial charge in [-0.2, -0.15) is 13.2 Å². The number of rotatable bonds is 7. The fourth-order valence-electron chi connectivity index (χ4n) is 3.55. The predicted octanol–water partition coefficient (Wildman–Crippen LogP) is 4.28. The minimum Gasteiger partial charge on any atom is -0.361 e. The summed E-state index contributed by atoms with van der Waals surface area (Å²) in [7, 11) is 2.03. The second-order valence-electron chi connectivity index (χ2n) is 7.59. The molecule has 5 nitrogen and oxygen atoms in total. The minimum absolute atomic E-state index is 0.199. The monoisotopic (exact) mass is 476 g/mol. The van der Waals surface area contributed by atoms with Crippen LogP contribution in [0.25, 0.3) is 0 Å². The zero-order chi connectivity index (χ0) is 22.6. The van der Waals surface area contributed by atoms with E-state index in [9.17, 15) is 18.3 Å². The lowest BCUT2D eigenvalue weighted by Crippen LogP contribution is -2.49. The molecule has 170 valence electrons. The van der Waals surface area contributed by atoms with Crippen LogP contribution in [0.3, 0.4) is 0 Å². The van der Waals surface area contributed by atoms with Crippen molar-refractivity contribution in [2.75, 3.05) is 45.1 Å². The van der Waals surface area contributed by atoms with Crippen molar-refractivity contribution in [3.63, 3.8) is 0 Å². The fraction of sp³-hybridized carbons (Fsp3) is 0.429. The van der Waals surface area contributed by atoms with Crippen LogP contribution in [0.5, 0.6) is 0 Å². The number of anilines is 1. The third kappa shape index (κ3) is 6.97. The zero-order valence-corrected chi connectivity index (χ0v) is 18.5. The van der Waals surface area contributed by atoms with Crippen LogP contribution >= 0.6 is 23.2 Å². The van der Waals surface area contributed by atoms with E-state index in [2.05, 4.69) is 20.4 Å². The van der Waals surface area contributed by atoms with E-state index in [4.69, 9.17) is 23.2 Å². The highest BCUT2D eigenvalue weighted by molar-refractivity contribution is 6.35. The second-order valence-corrected chi connectivity index (χ2v) is 8.46. The molecule has 0 aromatic heterocycles. The van der Waals surface area contributed by atoms with E-state index in [-0.39, 0.29) is 6.04 Å². The second kappa shape index (κ2) is 10.4. The molecule has 1 saturated heterocycles. The molecular formula is C21H25Cl2F3N4O. The normalized spacial score (nSPS) is 18.0. The van der Waals surface area contributed by atoms with Gasteiger partial charge >= 0.3 is 6.18 Å². The maximum atomic E-state index is 12.9. The summed E-state index contributed by atoms with van der Waals surface area (Å²) in [5, 5.41) is 17.1. The highest BCUT2D eigenvalue weighted by Gasteiger charge is 2.31. The summed E-state index contributed by atoms with van der Waals surface area (Å²) in [6, 6.07) is 9.85. The van der Waals surface area contributed by atoms with Crippen LogP contribution in [0.1, 0.15) is 17.2 Å². The summed E-state index contributed by atoms with van der Waals surface area (Å²) >= 11 is 12.0. The van der Waals surface area contributed by atoms with Crippen LogP contribution in [0, 0.1) is 0 Å². The lowest BCUT2D eigenvalue weighted by atomic mass is 10.0. The van der Waals surface area contributed by atoms with Crippen molar-refractivity contribution >= 4 is 28.9 Å². The summed E-state index contributed by atoms with van der Waals surface area (Å²) in [6.07, 6.45) is -5.47. The third-order valence-corrected chi connectivity index (χ3v) is 5.71. The summed E-state index contributed by atoms with van der Waals surface area (Å²) in [4.78, 5) is 4.41. The van der Waals surface area contributed by atoms with E-state index in [0.717, 1.165) is 43.9 Å². The third-order valence-electron chi connectivity index (χ3n) is 5.27. The predicted molar refractivity (Wildman–Crippen MR) is 117 cm³/mol. The molecule has 2 aromatic carbocycles. The summed E-state index contributed by atoms with van der Waals surface area (Å²) in [5.41, 5.74) is 0.618. The number of aliphatic hydroxyl groups excluding tert-OH is 1. The van der Waals surface area contributed by atoms with E-state index < -0.39 is 18.1 Å². The first-order valence-corrected chi connectivity index (χ1v) is 10.6. The molecule has 1 aliphatic rings. The first kappa shape index (κ1) is 24.1. The standard InChI is InChI=1S/C21H25Cl2F3N4O/c1-29-6-8-30(9-7-29)19(14-2-4-15(5-3-14)21(24,25)26)13-27-20(31)28-18-11-16(22)10-17(23)12-18/h2-5,10-12,19-20,27-28,31H,6-9,13H2,1H3. The number of piperazine rings is 1. The molecule has 1 aliphatic heterocycles. The number of alkyl halides is 3.